The molecule has 2 aromatic rings. The van der Waals surface area contributed by atoms with E-state index >= 15 is 0 Å². The van der Waals surface area contributed by atoms with Crippen LogP contribution in [0.1, 0.15) is 24.0 Å². The van der Waals surface area contributed by atoms with Gasteiger partial charge in [-0.05, 0) is 24.9 Å². The molecule has 26 heavy (non-hydrogen) atoms. The highest BCUT2D eigenvalue weighted by Crippen LogP contribution is 2.46. The maximum atomic E-state index is 12.4. The maximum Gasteiger partial charge on any atom is 0.211 e. The first-order chi connectivity index (χ1) is 12.4. The lowest BCUT2D eigenvalue weighted by Crippen LogP contribution is -2.56. The van der Waals surface area contributed by atoms with Crippen LogP contribution in [0.2, 0.25) is 0 Å². The highest BCUT2D eigenvalue weighted by molar-refractivity contribution is 7.88. The van der Waals surface area contributed by atoms with Crippen molar-refractivity contribution in [2.24, 2.45) is 7.05 Å². The van der Waals surface area contributed by atoms with Crippen LogP contribution in [0.3, 0.4) is 0 Å². The summed E-state index contributed by atoms with van der Waals surface area (Å²) in [5, 5.41) is 4.25. The van der Waals surface area contributed by atoms with Gasteiger partial charge < -0.3 is 0 Å². The standard InChI is InChI=1S/C19H26N4O2S/c1-21-13-16(12-20-21)14-22-10-8-19(17-6-4-3-5-7-17)9-11-23(18(19)15-22)26(2,24)25/h3-7,12-13,18H,8-11,14-15H2,1-2H3/t18-,19+/m1/s1. The number of hydrogen-bond donors (Lipinski definition) is 0. The molecule has 1 aromatic carbocycles. The number of aromatic nitrogens is 2. The molecule has 0 radical (unpaired) electrons. The predicted octanol–water partition coefficient (Wildman–Crippen LogP) is 1.60. The minimum Gasteiger partial charge on any atom is -0.297 e. The van der Waals surface area contributed by atoms with Gasteiger partial charge in [-0.3, -0.25) is 9.58 Å². The predicted molar refractivity (Wildman–Crippen MR) is 101 cm³/mol. The summed E-state index contributed by atoms with van der Waals surface area (Å²) in [7, 11) is -1.30. The first kappa shape index (κ1) is 17.7. The van der Waals surface area contributed by atoms with Crippen LogP contribution in [-0.4, -0.2) is 59.3 Å². The zero-order valence-corrected chi connectivity index (χ0v) is 16.2. The quantitative estimate of drug-likeness (QED) is 0.816. The van der Waals surface area contributed by atoms with Crippen molar-refractivity contribution in [2.75, 3.05) is 25.9 Å². The molecule has 2 atom stereocenters. The van der Waals surface area contributed by atoms with Crippen LogP contribution in [-0.2, 0) is 29.0 Å². The summed E-state index contributed by atoms with van der Waals surface area (Å²) in [6.07, 6.45) is 7.14. The number of fused-ring (bicyclic) bond motifs is 1. The van der Waals surface area contributed by atoms with E-state index in [9.17, 15) is 8.42 Å². The first-order valence-corrected chi connectivity index (χ1v) is 11.0. The Bertz CT molecular complexity index is 880. The van der Waals surface area contributed by atoms with Crippen LogP contribution in [0, 0.1) is 0 Å². The molecule has 0 amide bonds. The molecule has 2 saturated heterocycles. The Morgan fingerprint density at radius 2 is 1.92 bits per heavy atom. The number of benzene rings is 1. The summed E-state index contributed by atoms with van der Waals surface area (Å²) in [6, 6.07) is 10.5. The van der Waals surface area contributed by atoms with Gasteiger partial charge in [0, 0.05) is 49.9 Å². The van der Waals surface area contributed by atoms with E-state index in [2.05, 4.69) is 34.3 Å². The third-order valence-electron chi connectivity index (χ3n) is 6.01. The van der Waals surface area contributed by atoms with E-state index in [1.165, 1.54) is 17.4 Å². The van der Waals surface area contributed by atoms with E-state index < -0.39 is 10.0 Å². The average molecular weight is 375 g/mol. The summed E-state index contributed by atoms with van der Waals surface area (Å²) in [5.74, 6) is 0. The Kier molecular flexibility index (Phi) is 4.41. The van der Waals surface area contributed by atoms with Gasteiger partial charge >= 0.3 is 0 Å². The van der Waals surface area contributed by atoms with Gasteiger partial charge in [0.05, 0.1) is 12.5 Å². The monoisotopic (exact) mass is 374 g/mol. The van der Waals surface area contributed by atoms with E-state index in [1.54, 1.807) is 4.31 Å². The largest absolute Gasteiger partial charge is 0.297 e. The van der Waals surface area contributed by atoms with Crippen molar-refractivity contribution in [2.45, 2.75) is 30.8 Å². The topological polar surface area (TPSA) is 58.4 Å². The second kappa shape index (κ2) is 6.48. The van der Waals surface area contributed by atoms with E-state index in [4.69, 9.17) is 0 Å². The van der Waals surface area contributed by atoms with Gasteiger partial charge in [-0.15, -0.1) is 0 Å². The second-order valence-corrected chi connectivity index (χ2v) is 9.60. The summed E-state index contributed by atoms with van der Waals surface area (Å²) >= 11 is 0. The number of sulfonamides is 1. The van der Waals surface area contributed by atoms with Crippen molar-refractivity contribution in [1.82, 2.24) is 19.0 Å². The fraction of sp³-hybridized carbons (Fsp3) is 0.526. The highest BCUT2D eigenvalue weighted by atomic mass is 32.2. The summed E-state index contributed by atoms with van der Waals surface area (Å²) in [5.41, 5.74) is 2.37. The lowest BCUT2D eigenvalue weighted by Gasteiger charge is -2.46. The fourth-order valence-electron chi connectivity index (χ4n) is 4.76. The number of rotatable bonds is 4. The van der Waals surface area contributed by atoms with Crippen molar-refractivity contribution >= 4 is 10.0 Å². The lowest BCUT2D eigenvalue weighted by molar-refractivity contribution is 0.110. The summed E-state index contributed by atoms with van der Waals surface area (Å²) in [6.45, 7) is 3.15. The van der Waals surface area contributed by atoms with Crippen LogP contribution < -0.4 is 0 Å². The Labute approximate surface area is 155 Å². The first-order valence-electron chi connectivity index (χ1n) is 9.11. The van der Waals surface area contributed by atoms with E-state index in [-0.39, 0.29) is 11.5 Å². The van der Waals surface area contributed by atoms with Gasteiger partial charge in [0.1, 0.15) is 0 Å². The minimum absolute atomic E-state index is 0.00896. The van der Waals surface area contributed by atoms with Gasteiger partial charge in [-0.1, -0.05) is 30.3 Å². The van der Waals surface area contributed by atoms with Crippen LogP contribution >= 0.6 is 0 Å². The molecule has 0 bridgehead atoms. The Balaban J connectivity index is 1.64. The molecule has 2 fully saturated rings. The number of nitrogens with zero attached hydrogens (tertiary/aromatic N) is 4. The Hall–Kier alpha value is -1.70. The molecule has 4 rings (SSSR count). The van der Waals surface area contributed by atoms with Crippen molar-refractivity contribution in [3.63, 3.8) is 0 Å². The van der Waals surface area contributed by atoms with Crippen LogP contribution in [0.25, 0.3) is 0 Å². The average Bonchev–Trinajstić information content (AvgIpc) is 3.19. The van der Waals surface area contributed by atoms with Crippen molar-refractivity contribution in [3.05, 3.63) is 53.9 Å². The molecule has 2 aliphatic heterocycles. The Morgan fingerprint density at radius 3 is 2.58 bits per heavy atom. The zero-order chi connectivity index (χ0) is 18.4. The minimum atomic E-state index is -3.22. The molecular formula is C19H26N4O2S. The molecule has 0 spiro atoms. The van der Waals surface area contributed by atoms with Gasteiger partial charge in [0.2, 0.25) is 10.0 Å². The van der Waals surface area contributed by atoms with Crippen molar-refractivity contribution in [1.29, 1.82) is 0 Å². The van der Waals surface area contributed by atoms with E-state index in [0.29, 0.717) is 6.54 Å². The second-order valence-electron chi connectivity index (χ2n) is 7.67. The van der Waals surface area contributed by atoms with Crippen molar-refractivity contribution < 1.29 is 8.42 Å². The number of piperidine rings is 1. The molecule has 7 heteroatoms. The molecule has 0 N–H and O–H groups in total. The molecule has 0 unspecified atom stereocenters. The third-order valence-corrected chi connectivity index (χ3v) is 7.30. The van der Waals surface area contributed by atoms with E-state index in [0.717, 1.165) is 32.5 Å². The molecule has 3 heterocycles. The molecule has 0 aliphatic carbocycles. The third kappa shape index (κ3) is 3.08. The fourth-order valence-corrected chi connectivity index (χ4v) is 5.92. The molecule has 2 aliphatic rings. The van der Waals surface area contributed by atoms with Gasteiger partial charge in [-0.2, -0.15) is 9.40 Å². The normalized spacial score (nSPS) is 27.5. The number of aryl methyl sites for hydroxylation is 1. The number of hydrogen-bond acceptors (Lipinski definition) is 4. The van der Waals surface area contributed by atoms with Gasteiger partial charge in [0.15, 0.2) is 0 Å². The van der Waals surface area contributed by atoms with Crippen LogP contribution in [0.15, 0.2) is 42.7 Å². The van der Waals surface area contributed by atoms with Crippen LogP contribution in [0.5, 0.6) is 0 Å². The number of likely N-dealkylation sites (tertiary alicyclic amines) is 1. The Morgan fingerprint density at radius 1 is 1.19 bits per heavy atom. The molecular weight excluding hydrogens is 348 g/mol. The smallest absolute Gasteiger partial charge is 0.211 e. The summed E-state index contributed by atoms with van der Waals surface area (Å²) < 4.78 is 28.4. The molecule has 0 saturated carbocycles. The molecule has 6 nitrogen and oxygen atoms in total. The lowest BCUT2D eigenvalue weighted by atomic mass is 9.69. The van der Waals surface area contributed by atoms with Gasteiger partial charge in [-0.25, -0.2) is 8.42 Å². The molecule has 140 valence electrons. The maximum absolute atomic E-state index is 12.4. The van der Waals surface area contributed by atoms with Crippen LogP contribution in [0.4, 0.5) is 0 Å². The van der Waals surface area contributed by atoms with Gasteiger partial charge in [0.25, 0.3) is 0 Å². The highest BCUT2D eigenvalue weighted by Gasteiger charge is 2.53. The summed E-state index contributed by atoms with van der Waals surface area (Å²) in [4.78, 5) is 2.37. The zero-order valence-electron chi connectivity index (χ0n) is 15.4. The van der Waals surface area contributed by atoms with Crippen molar-refractivity contribution in [3.8, 4) is 0 Å². The molecule has 1 aromatic heterocycles. The SMILES string of the molecule is Cn1cc(CN2CC[C@@]3(c4ccccc4)CCN(S(C)(=O)=O)[C@@H]3C2)cn1. The van der Waals surface area contributed by atoms with E-state index in [1.807, 2.05) is 30.2 Å².